The molecule has 83 valence electrons. The molecule has 3 heteroatoms. The van der Waals surface area contributed by atoms with Gasteiger partial charge >= 0.3 is 0 Å². The Morgan fingerprint density at radius 2 is 1.79 bits per heavy atom. The summed E-state index contributed by atoms with van der Waals surface area (Å²) in [6, 6.07) is 0. The summed E-state index contributed by atoms with van der Waals surface area (Å²) in [7, 11) is 0. The smallest absolute Gasteiger partial charge is 0 e. The number of nitrogens with zero attached hydrogens (tertiary/aromatic N) is 2. The van der Waals surface area contributed by atoms with E-state index < -0.39 is 0 Å². The molecule has 0 spiro atoms. The summed E-state index contributed by atoms with van der Waals surface area (Å²) in [6.45, 7) is 10.4. The molecule has 0 aromatic heterocycles. The maximum Gasteiger partial charge on any atom is 0 e. The van der Waals surface area contributed by atoms with E-state index in [-0.39, 0.29) is 40.1 Å². The Labute approximate surface area is 115 Å². The van der Waals surface area contributed by atoms with Crippen LogP contribution < -0.4 is 0 Å². The van der Waals surface area contributed by atoms with E-state index in [9.17, 15) is 0 Å². The standard InChI is InChI=1S/C10H21N2.CH3.Y/c1-5-7-11-10(9(3)4)12-8-6-2;;/h9H,5-8H2,1-4H3;1H3;/q2*-1;. The van der Waals surface area contributed by atoms with Gasteiger partial charge < -0.3 is 17.7 Å². The van der Waals surface area contributed by atoms with Gasteiger partial charge in [-0.3, -0.25) is 0 Å². The van der Waals surface area contributed by atoms with Gasteiger partial charge in [-0.2, -0.15) is 0 Å². The molecule has 0 aliphatic carbocycles. The summed E-state index contributed by atoms with van der Waals surface area (Å²) in [4.78, 5) is 4.43. The molecule has 0 saturated heterocycles. The first kappa shape index (κ1) is 20.0. The van der Waals surface area contributed by atoms with Crippen molar-refractivity contribution in [3.63, 3.8) is 0 Å². The summed E-state index contributed by atoms with van der Waals surface area (Å²) in [5.41, 5.74) is 0. The van der Waals surface area contributed by atoms with E-state index in [2.05, 4.69) is 38.0 Å². The van der Waals surface area contributed by atoms with Crippen LogP contribution in [0.1, 0.15) is 40.5 Å². The Morgan fingerprint density at radius 1 is 1.21 bits per heavy atom. The second-order valence-corrected chi connectivity index (χ2v) is 3.28. The van der Waals surface area contributed by atoms with Crippen molar-refractivity contribution in [2.24, 2.45) is 10.9 Å². The minimum Gasteiger partial charge on any atom is -0.469 e. The first-order valence-corrected chi connectivity index (χ1v) is 4.94. The van der Waals surface area contributed by atoms with Gasteiger partial charge in [0.05, 0.1) is 0 Å². The fourth-order valence-electron chi connectivity index (χ4n) is 0.868. The molecule has 0 aromatic rings. The van der Waals surface area contributed by atoms with Crippen molar-refractivity contribution in [2.45, 2.75) is 40.5 Å². The zero-order chi connectivity index (χ0) is 9.40. The van der Waals surface area contributed by atoms with Crippen LogP contribution in [0, 0.1) is 13.3 Å². The molecule has 0 saturated carbocycles. The second-order valence-electron chi connectivity index (χ2n) is 3.28. The molecule has 0 aliphatic rings. The molecule has 0 heterocycles. The van der Waals surface area contributed by atoms with E-state index in [1.165, 1.54) is 0 Å². The largest absolute Gasteiger partial charge is 0.469 e. The van der Waals surface area contributed by atoms with Crippen molar-refractivity contribution in [1.82, 2.24) is 0 Å². The molecule has 2 nitrogen and oxygen atoms in total. The van der Waals surface area contributed by atoms with Crippen molar-refractivity contribution >= 4 is 5.84 Å². The molecule has 0 aliphatic heterocycles. The van der Waals surface area contributed by atoms with Gasteiger partial charge in [0, 0.05) is 32.7 Å². The zero-order valence-electron chi connectivity index (χ0n) is 10.4. The van der Waals surface area contributed by atoms with Gasteiger partial charge in [0.25, 0.3) is 0 Å². The van der Waals surface area contributed by atoms with Crippen LogP contribution in [0.5, 0.6) is 0 Å². The fraction of sp³-hybridized carbons (Fsp3) is 0.818. The van der Waals surface area contributed by atoms with Crippen molar-refractivity contribution in [2.75, 3.05) is 13.1 Å². The number of aliphatic imine (C=N–C) groups is 1. The molecule has 0 fully saturated rings. The van der Waals surface area contributed by atoms with Crippen molar-refractivity contribution < 1.29 is 32.7 Å². The maximum atomic E-state index is 4.43. The summed E-state index contributed by atoms with van der Waals surface area (Å²) in [5, 5.41) is 4.43. The van der Waals surface area contributed by atoms with Crippen LogP contribution in [-0.2, 0) is 32.7 Å². The number of rotatable bonds is 5. The van der Waals surface area contributed by atoms with Crippen molar-refractivity contribution in [1.29, 1.82) is 0 Å². The molecular weight excluding hydrogens is 249 g/mol. The van der Waals surface area contributed by atoms with Gasteiger partial charge in [-0.15, -0.1) is 0 Å². The molecule has 14 heavy (non-hydrogen) atoms. The second kappa shape index (κ2) is 13.6. The minimum atomic E-state index is 0. The molecule has 0 unspecified atom stereocenters. The predicted octanol–water partition coefficient (Wildman–Crippen LogP) is 3.68. The Kier molecular flexibility index (Phi) is 19.4. The van der Waals surface area contributed by atoms with Crippen LogP contribution in [-0.4, -0.2) is 18.9 Å². The van der Waals surface area contributed by atoms with Crippen LogP contribution in [0.25, 0.3) is 5.32 Å². The fourth-order valence-corrected chi connectivity index (χ4v) is 0.868. The normalized spacial score (nSPS) is 10.5. The molecule has 0 aromatic carbocycles. The summed E-state index contributed by atoms with van der Waals surface area (Å²) < 4.78 is 0. The van der Waals surface area contributed by atoms with Gasteiger partial charge in [-0.25, -0.2) is 0 Å². The van der Waals surface area contributed by atoms with Crippen LogP contribution in [0.15, 0.2) is 4.99 Å². The molecule has 0 rings (SSSR count). The topological polar surface area (TPSA) is 26.5 Å². The van der Waals surface area contributed by atoms with Crippen LogP contribution in [0.2, 0.25) is 0 Å². The average molecular weight is 273 g/mol. The third kappa shape index (κ3) is 10.7. The first-order chi connectivity index (χ1) is 5.72. The van der Waals surface area contributed by atoms with Gasteiger partial charge in [-0.1, -0.05) is 59.5 Å². The van der Waals surface area contributed by atoms with E-state index >= 15 is 0 Å². The third-order valence-corrected chi connectivity index (χ3v) is 1.51. The maximum absolute atomic E-state index is 4.43. The Balaban J connectivity index is -0.000000605. The quantitative estimate of drug-likeness (QED) is 0.415. The zero-order valence-corrected chi connectivity index (χ0v) is 13.2. The average Bonchev–Trinajstić information content (AvgIpc) is 2.04. The van der Waals surface area contributed by atoms with Crippen LogP contribution in [0.3, 0.4) is 0 Å². The van der Waals surface area contributed by atoms with E-state index in [4.69, 9.17) is 0 Å². The summed E-state index contributed by atoms with van der Waals surface area (Å²) in [5.74, 6) is 1.52. The number of hydrogen-bond acceptors (Lipinski definition) is 1. The molecule has 0 N–H and O–H groups in total. The van der Waals surface area contributed by atoms with Gasteiger partial charge in [0.2, 0.25) is 0 Å². The van der Waals surface area contributed by atoms with Gasteiger partial charge in [0.1, 0.15) is 0 Å². The monoisotopic (exact) mass is 273 g/mol. The Morgan fingerprint density at radius 3 is 2.14 bits per heavy atom. The van der Waals surface area contributed by atoms with E-state index in [1.807, 2.05) is 0 Å². The molecule has 0 amide bonds. The van der Waals surface area contributed by atoms with E-state index in [1.54, 1.807) is 0 Å². The third-order valence-electron chi connectivity index (χ3n) is 1.51. The van der Waals surface area contributed by atoms with Crippen LogP contribution >= 0.6 is 0 Å². The minimum absolute atomic E-state index is 0. The van der Waals surface area contributed by atoms with Crippen molar-refractivity contribution in [3.05, 3.63) is 12.7 Å². The molecular formula is C11H24N2Y-2. The predicted molar refractivity (Wildman–Crippen MR) is 62.4 cm³/mol. The van der Waals surface area contributed by atoms with Gasteiger partial charge in [0.15, 0.2) is 0 Å². The van der Waals surface area contributed by atoms with Gasteiger partial charge in [-0.05, 0) is 5.92 Å². The van der Waals surface area contributed by atoms with Crippen molar-refractivity contribution in [3.8, 4) is 0 Å². The Hall–Kier alpha value is 0.574. The number of hydrogen-bond donors (Lipinski definition) is 0. The number of amidine groups is 1. The van der Waals surface area contributed by atoms with Crippen LogP contribution in [0.4, 0.5) is 0 Å². The van der Waals surface area contributed by atoms with E-state index in [0.717, 1.165) is 31.8 Å². The molecule has 0 atom stereocenters. The molecule has 1 radical (unpaired) electrons. The first-order valence-electron chi connectivity index (χ1n) is 4.94. The molecule has 0 bridgehead atoms. The SMILES string of the molecule is CCCN=C([N-]CCC)C(C)C.[CH3-].[Y]. The Bertz CT molecular complexity index is 133. The summed E-state index contributed by atoms with van der Waals surface area (Å²) >= 11 is 0. The summed E-state index contributed by atoms with van der Waals surface area (Å²) in [6.07, 6.45) is 2.22. The van der Waals surface area contributed by atoms with E-state index in [0.29, 0.717) is 5.92 Å².